The molecule has 1 rings (SSSR count). The third-order valence-corrected chi connectivity index (χ3v) is 2.18. The number of guanidine groups is 1. The van der Waals surface area contributed by atoms with Gasteiger partial charge < -0.3 is 16.0 Å². The van der Waals surface area contributed by atoms with E-state index in [-0.39, 0.29) is 5.96 Å². The lowest BCUT2D eigenvalue weighted by molar-refractivity contribution is 0.748. The van der Waals surface area contributed by atoms with Crippen molar-refractivity contribution in [2.75, 3.05) is 25.0 Å². The molecule has 4 nitrogen and oxygen atoms in total. The molecular weight excluding hydrogens is 188 g/mol. The maximum atomic E-state index is 7.00. The summed E-state index contributed by atoms with van der Waals surface area (Å²) in [6.07, 6.45) is 0.963. The van der Waals surface area contributed by atoms with E-state index in [9.17, 15) is 0 Å². The molecule has 15 heavy (non-hydrogen) atoms. The Morgan fingerprint density at radius 1 is 1.40 bits per heavy atom. The van der Waals surface area contributed by atoms with Crippen LogP contribution >= 0.6 is 0 Å². The lowest BCUT2D eigenvalue weighted by Gasteiger charge is -2.19. The van der Waals surface area contributed by atoms with E-state index in [1.54, 1.807) is 0 Å². The van der Waals surface area contributed by atoms with Crippen molar-refractivity contribution in [2.24, 2.45) is 5.73 Å². The molecule has 0 bridgehead atoms. The van der Waals surface area contributed by atoms with Gasteiger partial charge in [-0.25, -0.2) is 0 Å². The molecule has 0 spiro atoms. The third kappa shape index (κ3) is 4.35. The van der Waals surface area contributed by atoms with E-state index < -0.39 is 0 Å². The first-order chi connectivity index (χ1) is 7.20. The number of nitrogens with zero attached hydrogens (tertiary/aromatic N) is 1. The molecule has 1 aromatic carbocycles. The highest BCUT2D eigenvalue weighted by Crippen LogP contribution is 2.10. The van der Waals surface area contributed by atoms with Gasteiger partial charge in [0, 0.05) is 25.8 Å². The van der Waals surface area contributed by atoms with Gasteiger partial charge in [0.2, 0.25) is 0 Å². The van der Waals surface area contributed by atoms with Crippen molar-refractivity contribution in [2.45, 2.75) is 6.42 Å². The van der Waals surface area contributed by atoms with E-state index >= 15 is 0 Å². The predicted octanol–water partition coefficient (Wildman–Crippen LogP) is 0.996. The molecule has 0 aliphatic carbocycles. The van der Waals surface area contributed by atoms with E-state index in [1.165, 1.54) is 5.69 Å². The Kier molecular flexibility index (Phi) is 4.47. The van der Waals surface area contributed by atoms with Gasteiger partial charge in [0.25, 0.3) is 0 Å². The molecule has 4 heteroatoms. The number of benzene rings is 1. The van der Waals surface area contributed by atoms with Gasteiger partial charge in [-0.15, -0.1) is 0 Å². The van der Waals surface area contributed by atoms with Crippen LogP contribution in [-0.2, 0) is 0 Å². The Hall–Kier alpha value is -1.71. The van der Waals surface area contributed by atoms with Crippen LogP contribution < -0.4 is 16.0 Å². The number of anilines is 1. The van der Waals surface area contributed by atoms with Crippen LogP contribution in [0.3, 0.4) is 0 Å². The van der Waals surface area contributed by atoms with Crippen LogP contribution in [0.15, 0.2) is 30.3 Å². The largest absolute Gasteiger partial charge is 0.375 e. The number of nitrogens with one attached hydrogen (secondary N) is 2. The van der Waals surface area contributed by atoms with E-state index in [0.717, 1.165) is 19.5 Å². The first-order valence-electron chi connectivity index (χ1n) is 5.04. The lowest BCUT2D eigenvalue weighted by atomic mass is 10.3. The Labute approximate surface area is 90.6 Å². The highest BCUT2D eigenvalue weighted by Gasteiger charge is 1.98. The molecule has 0 aliphatic rings. The molecule has 0 heterocycles. The summed E-state index contributed by atoms with van der Waals surface area (Å²) in [5.74, 6) is 0.0392. The highest BCUT2D eigenvalue weighted by atomic mass is 15.1. The number of hydrogen-bond acceptors (Lipinski definition) is 2. The normalized spacial score (nSPS) is 9.67. The third-order valence-electron chi connectivity index (χ3n) is 2.18. The van der Waals surface area contributed by atoms with Gasteiger partial charge in [0.05, 0.1) is 0 Å². The molecule has 0 saturated carbocycles. The van der Waals surface area contributed by atoms with Gasteiger partial charge in [0.15, 0.2) is 5.96 Å². The van der Waals surface area contributed by atoms with Crippen LogP contribution in [-0.4, -0.2) is 26.1 Å². The van der Waals surface area contributed by atoms with Crippen molar-refractivity contribution in [3.05, 3.63) is 30.3 Å². The van der Waals surface area contributed by atoms with Crippen LogP contribution in [0.25, 0.3) is 0 Å². The van der Waals surface area contributed by atoms with E-state index in [2.05, 4.69) is 29.4 Å². The zero-order chi connectivity index (χ0) is 11.1. The minimum absolute atomic E-state index is 0.0392. The number of para-hydroxylation sites is 1. The molecule has 4 N–H and O–H groups in total. The maximum absolute atomic E-state index is 7.00. The number of nitrogens with two attached hydrogens (primary N) is 1. The molecule has 0 radical (unpaired) electrons. The zero-order valence-electron chi connectivity index (χ0n) is 9.03. The van der Waals surface area contributed by atoms with Crippen LogP contribution in [0.4, 0.5) is 5.69 Å². The highest BCUT2D eigenvalue weighted by molar-refractivity contribution is 5.74. The van der Waals surface area contributed by atoms with Crippen LogP contribution in [0, 0.1) is 5.41 Å². The Morgan fingerprint density at radius 2 is 2.07 bits per heavy atom. The monoisotopic (exact) mass is 206 g/mol. The second-order valence-electron chi connectivity index (χ2n) is 3.45. The lowest BCUT2D eigenvalue weighted by Crippen LogP contribution is -2.32. The van der Waals surface area contributed by atoms with Crippen molar-refractivity contribution in [3.8, 4) is 0 Å². The number of rotatable bonds is 5. The van der Waals surface area contributed by atoms with Crippen molar-refractivity contribution in [1.82, 2.24) is 5.32 Å². The Morgan fingerprint density at radius 3 is 2.67 bits per heavy atom. The first-order valence-corrected chi connectivity index (χ1v) is 5.04. The van der Waals surface area contributed by atoms with Crippen molar-refractivity contribution < 1.29 is 0 Å². The fourth-order valence-corrected chi connectivity index (χ4v) is 1.35. The van der Waals surface area contributed by atoms with Gasteiger partial charge >= 0.3 is 0 Å². The zero-order valence-corrected chi connectivity index (χ0v) is 9.03. The molecule has 0 aliphatic heterocycles. The molecule has 0 saturated heterocycles. The van der Waals surface area contributed by atoms with Crippen LogP contribution in [0.2, 0.25) is 0 Å². The quantitative estimate of drug-likeness (QED) is 0.382. The molecule has 82 valence electrons. The second kappa shape index (κ2) is 5.90. The SMILES string of the molecule is CN(CCCNC(=N)N)c1ccccc1. The summed E-state index contributed by atoms with van der Waals surface area (Å²) in [5.41, 5.74) is 6.39. The van der Waals surface area contributed by atoms with Crippen molar-refractivity contribution in [3.63, 3.8) is 0 Å². The Bertz CT molecular complexity index is 297. The van der Waals surface area contributed by atoms with Gasteiger partial charge in [-0.3, -0.25) is 5.41 Å². The van der Waals surface area contributed by atoms with Gasteiger partial charge in [0.1, 0.15) is 0 Å². The molecule has 0 fully saturated rings. The van der Waals surface area contributed by atoms with Crippen LogP contribution in [0.1, 0.15) is 6.42 Å². The molecule has 1 aromatic rings. The average molecular weight is 206 g/mol. The summed E-state index contributed by atoms with van der Waals surface area (Å²) in [6, 6.07) is 10.2. The summed E-state index contributed by atoms with van der Waals surface area (Å²) >= 11 is 0. The second-order valence-corrected chi connectivity index (χ2v) is 3.45. The Balaban J connectivity index is 2.25. The fourth-order valence-electron chi connectivity index (χ4n) is 1.35. The molecule has 0 unspecified atom stereocenters. The molecule has 0 aromatic heterocycles. The maximum Gasteiger partial charge on any atom is 0.185 e. The minimum atomic E-state index is 0.0392. The van der Waals surface area contributed by atoms with Gasteiger partial charge in [-0.1, -0.05) is 18.2 Å². The van der Waals surface area contributed by atoms with E-state index in [1.807, 2.05) is 18.2 Å². The van der Waals surface area contributed by atoms with Gasteiger partial charge in [-0.05, 0) is 18.6 Å². The topological polar surface area (TPSA) is 65.1 Å². The average Bonchev–Trinajstić information content (AvgIpc) is 2.25. The summed E-state index contributed by atoms with van der Waals surface area (Å²) < 4.78 is 0. The summed E-state index contributed by atoms with van der Waals surface area (Å²) in [4.78, 5) is 2.18. The van der Waals surface area contributed by atoms with Crippen LogP contribution in [0.5, 0.6) is 0 Å². The smallest absolute Gasteiger partial charge is 0.185 e. The van der Waals surface area contributed by atoms with Crippen molar-refractivity contribution >= 4 is 11.6 Å². The minimum Gasteiger partial charge on any atom is -0.375 e. The summed E-state index contributed by atoms with van der Waals surface area (Å²) in [7, 11) is 2.06. The standard InChI is InChI=1S/C11H18N4/c1-15(9-5-8-14-11(12)13)10-6-3-2-4-7-10/h2-4,6-7H,5,8-9H2,1H3,(H4,12,13,14). The fraction of sp³-hybridized carbons (Fsp3) is 0.364. The first kappa shape index (κ1) is 11.4. The van der Waals surface area contributed by atoms with Gasteiger partial charge in [-0.2, -0.15) is 0 Å². The summed E-state index contributed by atoms with van der Waals surface area (Å²) in [5, 5.41) is 9.78. The summed E-state index contributed by atoms with van der Waals surface area (Å²) in [6.45, 7) is 1.69. The molecule has 0 atom stereocenters. The van der Waals surface area contributed by atoms with E-state index in [0.29, 0.717) is 0 Å². The molecular formula is C11H18N4. The van der Waals surface area contributed by atoms with Crippen molar-refractivity contribution in [1.29, 1.82) is 5.41 Å². The van der Waals surface area contributed by atoms with E-state index in [4.69, 9.17) is 11.1 Å². The number of hydrogen-bond donors (Lipinski definition) is 3. The molecule has 0 amide bonds. The predicted molar refractivity (Wildman–Crippen MR) is 64.2 cm³/mol.